The maximum absolute atomic E-state index is 6.00. The van der Waals surface area contributed by atoms with Crippen molar-refractivity contribution >= 4 is 0 Å². The van der Waals surface area contributed by atoms with Crippen molar-refractivity contribution in [3.05, 3.63) is 0 Å². The first kappa shape index (κ1) is 11.0. The molecule has 0 aliphatic carbocycles. The average Bonchev–Trinajstić information content (AvgIpc) is 2.31. The fraction of sp³-hybridized carbons (Fsp3) is 1.00. The molecule has 1 aliphatic rings. The molecule has 0 bridgehead atoms. The van der Waals surface area contributed by atoms with Gasteiger partial charge in [-0.25, -0.2) is 0 Å². The quantitative estimate of drug-likeness (QED) is 0.637. The fourth-order valence-electron chi connectivity index (χ4n) is 2.06. The summed E-state index contributed by atoms with van der Waals surface area (Å²) in [6, 6.07) is 0. The van der Waals surface area contributed by atoms with Gasteiger partial charge >= 0.3 is 0 Å². The van der Waals surface area contributed by atoms with Gasteiger partial charge in [-0.15, -0.1) is 0 Å². The average molecular weight is 184 g/mol. The van der Waals surface area contributed by atoms with Crippen LogP contribution >= 0.6 is 0 Å². The highest BCUT2D eigenvalue weighted by Gasteiger charge is 2.29. The first-order chi connectivity index (χ1) is 5.88. The van der Waals surface area contributed by atoms with Gasteiger partial charge in [-0.1, -0.05) is 34.6 Å². The highest BCUT2D eigenvalue weighted by atomic mass is 16.5. The molecule has 1 saturated heterocycles. The molecule has 0 aromatic heterocycles. The molecule has 1 aliphatic heterocycles. The maximum atomic E-state index is 6.00. The van der Waals surface area contributed by atoms with Crippen molar-refractivity contribution in [3.63, 3.8) is 0 Å². The number of rotatable bonds is 2. The Kier molecular flexibility index (Phi) is 3.39. The highest BCUT2D eigenvalue weighted by molar-refractivity contribution is 4.79. The van der Waals surface area contributed by atoms with E-state index in [0.29, 0.717) is 23.5 Å². The van der Waals surface area contributed by atoms with E-state index in [0.717, 1.165) is 0 Å². The van der Waals surface area contributed by atoms with E-state index in [1.165, 1.54) is 19.3 Å². The first-order valence-electron chi connectivity index (χ1n) is 5.54. The first-order valence-corrected chi connectivity index (χ1v) is 5.54. The van der Waals surface area contributed by atoms with E-state index in [-0.39, 0.29) is 0 Å². The Bertz CT molecular complexity index is 155. The Morgan fingerprint density at radius 1 is 1.23 bits per heavy atom. The zero-order valence-corrected chi connectivity index (χ0v) is 9.76. The summed E-state index contributed by atoms with van der Waals surface area (Å²) in [6.45, 7) is 11.4. The molecule has 13 heavy (non-hydrogen) atoms. The summed E-state index contributed by atoms with van der Waals surface area (Å²) in [5.41, 5.74) is 0.413. The molecule has 2 atom stereocenters. The molecule has 78 valence electrons. The van der Waals surface area contributed by atoms with Crippen molar-refractivity contribution in [2.45, 2.75) is 66.1 Å². The molecule has 0 aromatic carbocycles. The molecule has 0 amide bonds. The molecule has 0 N–H and O–H groups in total. The normalized spacial score (nSPS) is 30.0. The Morgan fingerprint density at radius 3 is 2.23 bits per heavy atom. The van der Waals surface area contributed by atoms with Gasteiger partial charge in [0.1, 0.15) is 0 Å². The van der Waals surface area contributed by atoms with Gasteiger partial charge in [0.2, 0.25) is 0 Å². The smallest absolute Gasteiger partial charge is 0.0602 e. The van der Waals surface area contributed by atoms with Crippen LogP contribution in [-0.4, -0.2) is 12.2 Å². The van der Waals surface area contributed by atoms with Crippen LogP contribution in [0.4, 0.5) is 0 Å². The van der Waals surface area contributed by atoms with E-state index in [1.807, 2.05) is 0 Å². The van der Waals surface area contributed by atoms with Crippen LogP contribution in [0.25, 0.3) is 0 Å². The van der Waals surface area contributed by atoms with E-state index in [4.69, 9.17) is 4.74 Å². The van der Waals surface area contributed by atoms with Crippen molar-refractivity contribution in [1.82, 2.24) is 0 Å². The lowest BCUT2D eigenvalue weighted by atomic mass is 9.88. The van der Waals surface area contributed by atoms with E-state index in [1.54, 1.807) is 0 Å². The third-order valence-corrected chi connectivity index (χ3v) is 2.72. The lowest BCUT2D eigenvalue weighted by Gasteiger charge is -2.23. The summed E-state index contributed by atoms with van der Waals surface area (Å²) in [7, 11) is 0. The largest absolute Gasteiger partial charge is 0.375 e. The summed E-state index contributed by atoms with van der Waals surface area (Å²) in [4.78, 5) is 0. The van der Waals surface area contributed by atoms with E-state index < -0.39 is 0 Å². The number of hydrogen-bond acceptors (Lipinski definition) is 1. The van der Waals surface area contributed by atoms with Gasteiger partial charge in [0, 0.05) is 0 Å². The SMILES string of the molecule is CC(C)C1CCC(CC(C)(C)C)O1. The number of hydrogen-bond donors (Lipinski definition) is 0. The Morgan fingerprint density at radius 2 is 1.85 bits per heavy atom. The van der Waals surface area contributed by atoms with Crippen LogP contribution in [0, 0.1) is 11.3 Å². The summed E-state index contributed by atoms with van der Waals surface area (Å²) >= 11 is 0. The van der Waals surface area contributed by atoms with Gasteiger partial charge in [-0.05, 0) is 30.6 Å². The lowest BCUT2D eigenvalue weighted by molar-refractivity contribution is 0.00130. The van der Waals surface area contributed by atoms with Crippen LogP contribution in [0.1, 0.15) is 53.9 Å². The van der Waals surface area contributed by atoms with Crippen LogP contribution in [0.2, 0.25) is 0 Å². The number of ether oxygens (including phenoxy) is 1. The minimum absolute atomic E-state index is 0.413. The van der Waals surface area contributed by atoms with Crippen LogP contribution in [0.15, 0.2) is 0 Å². The molecule has 2 unspecified atom stereocenters. The maximum Gasteiger partial charge on any atom is 0.0602 e. The second-order valence-electron chi connectivity index (χ2n) is 5.88. The molecule has 0 radical (unpaired) electrons. The van der Waals surface area contributed by atoms with Crippen LogP contribution in [0.5, 0.6) is 0 Å². The summed E-state index contributed by atoms with van der Waals surface area (Å²) in [5.74, 6) is 0.685. The zero-order valence-electron chi connectivity index (χ0n) is 9.76. The molecule has 1 fully saturated rings. The predicted octanol–water partition coefficient (Wildman–Crippen LogP) is 3.63. The van der Waals surface area contributed by atoms with Crippen molar-refractivity contribution < 1.29 is 4.74 Å². The van der Waals surface area contributed by atoms with Gasteiger partial charge in [-0.3, -0.25) is 0 Å². The standard InChI is InChI=1S/C12H24O/c1-9(2)11-7-6-10(13-11)8-12(3,4)5/h9-11H,6-8H2,1-5H3. The summed E-state index contributed by atoms with van der Waals surface area (Å²) in [6.07, 6.45) is 4.77. The van der Waals surface area contributed by atoms with Crippen LogP contribution in [-0.2, 0) is 4.74 Å². The topological polar surface area (TPSA) is 9.23 Å². The van der Waals surface area contributed by atoms with Crippen molar-refractivity contribution in [1.29, 1.82) is 0 Å². The van der Waals surface area contributed by atoms with E-state index >= 15 is 0 Å². The molecular weight excluding hydrogens is 160 g/mol. The monoisotopic (exact) mass is 184 g/mol. The molecule has 0 aromatic rings. The molecule has 1 heteroatoms. The molecule has 0 saturated carbocycles. The van der Waals surface area contributed by atoms with Crippen LogP contribution < -0.4 is 0 Å². The van der Waals surface area contributed by atoms with Gasteiger partial charge in [0.25, 0.3) is 0 Å². The Hall–Kier alpha value is -0.0400. The predicted molar refractivity (Wildman–Crippen MR) is 56.8 cm³/mol. The van der Waals surface area contributed by atoms with Crippen molar-refractivity contribution in [2.24, 2.45) is 11.3 Å². The third kappa shape index (κ3) is 3.68. The molecule has 1 heterocycles. The summed E-state index contributed by atoms with van der Waals surface area (Å²) in [5, 5.41) is 0. The van der Waals surface area contributed by atoms with E-state index in [9.17, 15) is 0 Å². The molecule has 1 nitrogen and oxygen atoms in total. The van der Waals surface area contributed by atoms with Gasteiger partial charge in [0.15, 0.2) is 0 Å². The van der Waals surface area contributed by atoms with Gasteiger partial charge < -0.3 is 4.74 Å². The van der Waals surface area contributed by atoms with Gasteiger partial charge in [-0.2, -0.15) is 0 Å². The second kappa shape index (κ2) is 4.00. The van der Waals surface area contributed by atoms with Crippen molar-refractivity contribution in [2.75, 3.05) is 0 Å². The molecule has 0 spiro atoms. The minimum Gasteiger partial charge on any atom is -0.375 e. The van der Waals surface area contributed by atoms with E-state index in [2.05, 4.69) is 34.6 Å². The Labute approximate surface area is 82.9 Å². The van der Waals surface area contributed by atoms with Crippen molar-refractivity contribution in [3.8, 4) is 0 Å². The molecule has 1 rings (SSSR count). The van der Waals surface area contributed by atoms with Gasteiger partial charge in [0.05, 0.1) is 12.2 Å². The third-order valence-electron chi connectivity index (χ3n) is 2.72. The Balaban J connectivity index is 2.33. The lowest BCUT2D eigenvalue weighted by Crippen LogP contribution is -2.20. The fourth-order valence-corrected chi connectivity index (χ4v) is 2.06. The molecular formula is C12H24O. The zero-order chi connectivity index (χ0) is 10.1. The highest BCUT2D eigenvalue weighted by Crippen LogP contribution is 2.32. The minimum atomic E-state index is 0.413. The summed E-state index contributed by atoms with van der Waals surface area (Å²) < 4.78 is 6.00. The second-order valence-corrected chi connectivity index (χ2v) is 5.88. The van der Waals surface area contributed by atoms with Crippen LogP contribution in [0.3, 0.4) is 0 Å².